The maximum absolute atomic E-state index is 5.83. The van der Waals surface area contributed by atoms with Gasteiger partial charge in [0, 0.05) is 16.2 Å². The van der Waals surface area contributed by atoms with Crippen molar-refractivity contribution in [1.82, 2.24) is 15.0 Å². The van der Waals surface area contributed by atoms with Gasteiger partial charge in [0.1, 0.15) is 0 Å². The molecule has 0 N–H and O–H groups in total. The van der Waals surface area contributed by atoms with Gasteiger partial charge in [0.25, 0.3) is 0 Å². The summed E-state index contributed by atoms with van der Waals surface area (Å²) in [5, 5.41) is 6.91. The molecule has 3 heteroatoms. The molecule has 0 fully saturated rings. The van der Waals surface area contributed by atoms with Crippen LogP contribution in [0.25, 0.3) is 32.3 Å². The topological polar surface area (TPSA) is 38.7 Å². The molecule has 3 nitrogen and oxygen atoms in total. The van der Waals surface area contributed by atoms with E-state index < -0.39 is 0 Å². The van der Waals surface area contributed by atoms with Crippen LogP contribution in [0.4, 0.5) is 0 Å². The van der Waals surface area contributed by atoms with Crippen LogP contribution in [0.15, 0.2) is 164 Å². The van der Waals surface area contributed by atoms with Crippen molar-refractivity contribution < 1.29 is 0 Å². The lowest BCUT2D eigenvalue weighted by Crippen LogP contribution is -2.20. The lowest BCUT2D eigenvalue weighted by atomic mass is 9.76. The van der Waals surface area contributed by atoms with Crippen LogP contribution in [0.5, 0.6) is 0 Å². The van der Waals surface area contributed by atoms with Gasteiger partial charge in [0.05, 0.1) is 57.8 Å². The summed E-state index contributed by atoms with van der Waals surface area (Å²) in [4.78, 5) is 17.5. The van der Waals surface area contributed by atoms with Crippen molar-refractivity contribution in [2.24, 2.45) is 0 Å². The largest absolute Gasteiger partial charge is 0.255 e. The predicted molar refractivity (Wildman–Crippen MR) is 208 cm³/mol. The minimum Gasteiger partial charge on any atom is -0.255 e. The van der Waals surface area contributed by atoms with Crippen molar-refractivity contribution in [2.75, 3.05) is 0 Å². The van der Waals surface area contributed by atoms with E-state index in [2.05, 4.69) is 164 Å². The maximum atomic E-state index is 5.83. The number of aromatic nitrogens is 3. The molecule has 13 rings (SSSR count). The first kappa shape index (κ1) is 28.3. The van der Waals surface area contributed by atoms with E-state index in [1.807, 2.05) is 0 Å². The Labute approximate surface area is 301 Å². The fraction of sp³-hybridized carbons (Fsp3) is 0.0816. The molecule has 0 amide bonds. The Morgan fingerprint density at radius 1 is 0.269 bits per heavy atom. The Morgan fingerprint density at radius 3 is 0.865 bits per heavy atom. The molecule has 0 atom stereocenters. The van der Waals surface area contributed by atoms with E-state index in [-0.39, 0.29) is 23.7 Å². The fourth-order valence-electron chi connectivity index (χ4n) is 9.59. The molecule has 0 spiro atoms. The van der Waals surface area contributed by atoms with Crippen LogP contribution in [-0.4, -0.2) is 15.0 Å². The second-order valence-corrected chi connectivity index (χ2v) is 14.7. The lowest BCUT2D eigenvalue weighted by molar-refractivity contribution is 0.781. The predicted octanol–water partition coefficient (Wildman–Crippen LogP) is 11.0. The highest BCUT2D eigenvalue weighted by Crippen LogP contribution is 2.47. The molecule has 0 saturated heterocycles. The summed E-state index contributed by atoms with van der Waals surface area (Å²) >= 11 is 0. The Morgan fingerprint density at radius 2 is 0.558 bits per heavy atom. The van der Waals surface area contributed by atoms with Crippen LogP contribution in [0, 0.1) is 0 Å². The highest BCUT2D eigenvalue weighted by molar-refractivity contribution is 5.93. The number of nitrogens with zero attached hydrogens (tertiary/aromatic N) is 3. The number of rotatable bonds is 0. The number of pyridine rings is 3. The molecule has 16 bridgehead atoms. The first-order chi connectivity index (χ1) is 25.7. The molecule has 52 heavy (non-hydrogen) atoms. The highest BCUT2D eigenvalue weighted by atomic mass is 14.8. The summed E-state index contributed by atoms with van der Waals surface area (Å²) < 4.78 is 0. The van der Waals surface area contributed by atoms with Crippen molar-refractivity contribution in [2.45, 2.75) is 23.7 Å². The Balaban J connectivity index is 1.40. The molecular formula is C49H31N3. The molecule has 6 heterocycles. The average Bonchev–Trinajstić information content (AvgIpc) is 3.18. The number of fused-ring (bicyclic) bond motifs is 3. The third-order valence-electron chi connectivity index (χ3n) is 11.8. The third kappa shape index (κ3) is 3.99. The first-order valence-electron chi connectivity index (χ1n) is 18.2. The molecule has 4 aliphatic rings. The second kappa shape index (κ2) is 10.5. The molecule has 1 aliphatic carbocycles. The van der Waals surface area contributed by atoms with Crippen molar-refractivity contribution in [1.29, 1.82) is 0 Å². The normalized spacial score (nSPS) is 19.2. The van der Waals surface area contributed by atoms with Crippen molar-refractivity contribution in [3.05, 3.63) is 231 Å². The maximum Gasteiger partial charge on any atom is 0.0877 e. The standard InChI is InChI=1S/C49H31N3/c1-4-19-37-28(10-1)25-40-43-31-13-7-15-33(22-31)44-35-17-9-18-36(24-35)45(34-16-8-14-32(43)23-34)42-27-30-12-3-6-21-39(30)49(52-42)46(47(37)50-40)48-38-20-5-2-11-29(38)26-41(44)51-48/h1-27,43-46H. The zero-order chi connectivity index (χ0) is 33.9. The molecular weight excluding hydrogens is 631 g/mol. The van der Waals surface area contributed by atoms with E-state index in [1.54, 1.807) is 0 Å². The molecule has 0 saturated carbocycles. The summed E-state index contributed by atoms with van der Waals surface area (Å²) in [6.45, 7) is 0. The van der Waals surface area contributed by atoms with Gasteiger partial charge in [-0.25, -0.2) is 0 Å². The van der Waals surface area contributed by atoms with Crippen molar-refractivity contribution in [3.63, 3.8) is 0 Å². The Bertz CT molecular complexity index is 2580. The summed E-state index contributed by atoms with van der Waals surface area (Å²) in [7, 11) is 0. The molecule has 9 aromatic rings. The molecule has 6 aromatic carbocycles. The zero-order valence-corrected chi connectivity index (χ0v) is 28.2. The van der Waals surface area contributed by atoms with Crippen molar-refractivity contribution >= 4 is 32.3 Å². The van der Waals surface area contributed by atoms with Gasteiger partial charge in [0.2, 0.25) is 0 Å². The fourth-order valence-corrected chi connectivity index (χ4v) is 9.59. The zero-order valence-electron chi connectivity index (χ0n) is 28.2. The average molecular weight is 662 g/mol. The number of hydrogen-bond acceptors (Lipinski definition) is 3. The van der Waals surface area contributed by atoms with Crippen LogP contribution < -0.4 is 0 Å². The van der Waals surface area contributed by atoms with E-state index in [0.717, 1.165) is 50.3 Å². The number of hydrogen-bond donors (Lipinski definition) is 0. The van der Waals surface area contributed by atoms with E-state index in [1.165, 1.54) is 49.5 Å². The van der Waals surface area contributed by atoms with Crippen molar-refractivity contribution in [3.8, 4) is 0 Å². The van der Waals surface area contributed by atoms with Crippen LogP contribution >= 0.6 is 0 Å². The third-order valence-corrected chi connectivity index (χ3v) is 11.8. The van der Waals surface area contributed by atoms with Gasteiger partial charge in [-0.15, -0.1) is 0 Å². The van der Waals surface area contributed by atoms with Gasteiger partial charge < -0.3 is 0 Å². The minimum atomic E-state index is -0.338. The summed E-state index contributed by atoms with van der Waals surface area (Å²) in [5.74, 6) is -0.566. The summed E-state index contributed by atoms with van der Waals surface area (Å²) in [6.07, 6.45) is 0. The van der Waals surface area contributed by atoms with Gasteiger partial charge in [-0.2, -0.15) is 0 Å². The highest BCUT2D eigenvalue weighted by Gasteiger charge is 2.35. The van der Waals surface area contributed by atoms with E-state index in [4.69, 9.17) is 15.0 Å². The SMILES string of the molecule is c1cc2cc(c1)C1c3cccc(c3)C3c4cccc(c4)C2c2cc4ccccc4c(n2)C(c2nc1cc1ccccc21)c1nc3cc2ccccc12. The monoisotopic (exact) mass is 661 g/mol. The van der Waals surface area contributed by atoms with Crippen LogP contribution in [0.2, 0.25) is 0 Å². The van der Waals surface area contributed by atoms with Crippen LogP contribution in [0.1, 0.15) is 91.2 Å². The summed E-state index contributed by atoms with van der Waals surface area (Å²) in [6, 6.07) is 61.0. The minimum absolute atomic E-state index is 0.0760. The van der Waals surface area contributed by atoms with Gasteiger partial charge in [-0.05, 0) is 67.7 Å². The smallest absolute Gasteiger partial charge is 0.0877 e. The van der Waals surface area contributed by atoms with E-state index >= 15 is 0 Å². The quantitative estimate of drug-likeness (QED) is 0.162. The second-order valence-electron chi connectivity index (χ2n) is 14.7. The molecule has 0 radical (unpaired) electrons. The Kier molecular flexibility index (Phi) is 5.73. The molecule has 3 aromatic heterocycles. The summed E-state index contributed by atoms with van der Waals surface area (Å²) in [5.41, 5.74) is 13.5. The molecule has 242 valence electrons. The van der Waals surface area contributed by atoms with Gasteiger partial charge in [-0.1, -0.05) is 146 Å². The Hall–Kier alpha value is -6.45. The lowest BCUT2D eigenvalue weighted by Gasteiger charge is -2.31. The van der Waals surface area contributed by atoms with Crippen LogP contribution in [-0.2, 0) is 0 Å². The van der Waals surface area contributed by atoms with E-state index in [9.17, 15) is 0 Å². The van der Waals surface area contributed by atoms with Gasteiger partial charge in [-0.3, -0.25) is 15.0 Å². The first-order valence-corrected chi connectivity index (χ1v) is 18.2. The molecule has 3 aliphatic heterocycles. The van der Waals surface area contributed by atoms with E-state index in [0.29, 0.717) is 0 Å². The van der Waals surface area contributed by atoms with Gasteiger partial charge >= 0.3 is 0 Å². The number of benzene rings is 6. The molecule has 0 unspecified atom stereocenters. The van der Waals surface area contributed by atoms with Gasteiger partial charge in [0.15, 0.2) is 0 Å². The van der Waals surface area contributed by atoms with Crippen LogP contribution in [0.3, 0.4) is 0 Å².